The molecular formula is C24H31ClO4. The van der Waals surface area contributed by atoms with Gasteiger partial charge in [-0.2, -0.15) is 0 Å². The van der Waals surface area contributed by atoms with Gasteiger partial charge in [0.1, 0.15) is 23.7 Å². The molecule has 1 N–H and O–H groups in total. The van der Waals surface area contributed by atoms with Crippen LogP contribution >= 0.6 is 11.6 Å². The molecule has 0 bridgehead atoms. The summed E-state index contributed by atoms with van der Waals surface area (Å²) in [5.41, 5.74) is 4.95. The van der Waals surface area contributed by atoms with Gasteiger partial charge in [-0.15, -0.1) is 0 Å². The van der Waals surface area contributed by atoms with Crippen molar-refractivity contribution in [3.63, 3.8) is 0 Å². The molecule has 0 unspecified atom stereocenters. The fourth-order valence-electron chi connectivity index (χ4n) is 3.53. The van der Waals surface area contributed by atoms with Crippen molar-refractivity contribution in [2.75, 3.05) is 0 Å². The van der Waals surface area contributed by atoms with Gasteiger partial charge in [-0.25, -0.2) is 0 Å². The standard InChI is InChI=1S/C22H25ClO4.C2H6/c1-13-14(2)19(7-5-15(13)6-8-20(24)25)26-12-17-10-18(23)9-16-11-22(3,4)27-21(16)17;1-2/h5,7,9-10H,6,8,11-12H2,1-4H3,(H,24,25);1-2H3. The van der Waals surface area contributed by atoms with E-state index >= 15 is 0 Å². The van der Waals surface area contributed by atoms with Crippen LogP contribution in [0.25, 0.3) is 0 Å². The smallest absolute Gasteiger partial charge is 0.303 e. The van der Waals surface area contributed by atoms with E-state index in [-0.39, 0.29) is 12.0 Å². The van der Waals surface area contributed by atoms with Crippen LogP contribution in [0.15, 0.2) is 24.3 Å². The summed E-state index contributed by atoms with van der Waals surface area (Å²) in [6.45, 7) is 12.5. The van der Waals surface area contributed by atoms with Crippen LogP contribution in [0.3, 0.4) is 0 Å². The molecule has 1 aliphatic heterocycles. The first-order chi connectivity index (χ1) is 13.7. The molecule has 4 nitrogen and oxygen atoms in total. The number of carboxylic acids is 1. The van der Waals surface area contributed by atoms with Gasteiger partial charge < -0.3 is 14.6 Å². The number of carboxylic acid groups (broad SMARTS) is 1. The predicted octanol–water partition coefficient (Wildman–Crippen LogP) is 6.29. The van der Waals surface area contributed by atoms with Crippen LogP contribution in [0.1, 0.15) is 61.9 Å². The van der Waals surface area contributed by atoms with Gasteiger partial charge in [0.25, 0.3) is 0 Å². The summed E-state index contributed by atoms with van der Waals surface area (Å²) in [6.07, 6.45) is 1.47. The van der Waals surface area contributed by atoms with Gasteiger partial charge in [0, 0.05) is 23.4 Å². The molecule has 0 amide bonds. The van der Waals surface area contributed by atoms with E-state index in [0.717, 1.165) is 45.7 Å². The number of rotatable bonds is 6. The van der Waals surface area contributed by atoms with E-state index in [4.69, 9.17) is 26.2 Å². The van der Waals surface area contributed by atoms with Crippen LogP contribution in [-0.2, 0) is 24.2 Å². The van der Waals surface area contributed by atoms with Crippen LogP contribution in [0.2, 0.25) is 5.02 Å². The molecule has 0 saturated carbocycles. The summed E-state index contributed by atoms with van der Waals surface area (Å²) in [7, 11) is 0. The highest BCUT2D eigenvalue weighted by Gasteiger charge is 2.32. The van der Waals surface area contributed by atoms with Crippen LogP contribution in [-0.4, -0.2) is 16.7 Å². The number of benzene rings is 2. The maximum Gasteiger partial charge on any atom is 0.303 e. The van der Waals surface area contributed by atoms with Crippen LogP contribution in [0.5, 0.6) is 11.5 Å². The molecule has 1 heterocycles. The Hall–Kier alpha value is -2.20. The lowest BCUT2D eigenvalue weighted by Crippen LogP contribution is -2.25. The van der Waals surface area contributed by atoms with Crippen molar-refractivity contribution in [3.05, 3.63) is 57.1 Å². The summed E-state index contributed by atoms with van der Waals surface area (Å²) in [4.78, 5) is 10.8. The van der Waals surface area contributed by atoms with Crippen molar-refractivity contribution in [2.45, 2.75) is 73.0 Å². The average molecular weight is 419 g/mol. The van der Waals surface area contributed by atoms with Crippen molar-refractivity contribution in [3.8, 4) is 11.5 Å². The van der Waals surface area contributed by atoms with Gasteiger partial charge in [0.2, 0.25) is 0 Å². The number of halogens is 1. The lowest BCUT2D eigenvalue weighted by molar-refractivity contribution is -0.136. The molecule has 158 valence electrons. The average Bonchev–Trinajstić information content (AvgIpc) is 2.97. The van der Waals surface area contributed by atoms with E-state index in [1.165, 1.54) is 0 Å². The minimum Gasteiger partial charge on any atom is -0.488 e. The number of fused-ring (bicyclic) bond motifs is 1. The molecule has 0 aliphatic carbocycles. The Kier molecular flexibility index (Phi) is 7.59. The number of aryl methyl sites for hydroxylation is 1. The number of aliphatic carboxylic acids is 1. The zero-order valence-electron chi connectivity index (χ0n) is 18.2. The molecule has 0 spiro atoms. The van der Waals surface area contributed by atoms with Gasteiger partial charge >= 0.3 is 5.97 Å². The van der Waals surface area contributed by atoms with E-state index in [1.54, 1.807) is 0 Å². The topological polar surface area (TPSA) is 55.8 Å². The molecule has 1 aliphatic rings. The molecule has 5 heteroatoms. The van der Waals surface area contributed by atoms with Crippen LogP contribution in [0.4, 0.5) is 0 Å². The highest BCUT2D eigenvalue weighted by atomic mass is 35.5. The lowest BCUT2D eigenvalue weighted by atomic mass is 9.99. The van der Waals surface area contributed by atoms with E-state index in [1.807, 2.05) is 52.0 Å². The van der Waals surface area contributed by atoms with Crippen molar-refractivity contribution < 1.29 is 19.4 Å². The number of hydrogen-bond acceptors (Lipinski definition) is 3. The molecule has 0 radical (unpaired) electrons. The van der Waals surface area contributed by atoms with E-state index in [0.29, 0.717) is 18.1 Å². The minimum absolute atomic E-state index is 0.127. The third-order valence-corrected chi connectivity index (χ3v) is 5.26. The zero-order valence-corrected chi connectivity index (χ0v) is 18.9. The van der Waals surface area contributed by atoms with Gasteiger partial charge in [-0.3, -0.25) is 4.79 Å². The second-order valence-electron chi connectivity index (χ2n) is 7.75. The number of ether oxygens (including phenoxy) is 2. The maximum atomic E-state index is 10.8. The van der Waals surface area contributed by atoms with Crippen LogP contribution in [0, 0.1) is 13.8 Å². The maximum absolute atomic E-state index is 10.8. The Balaban J connectivity index is 0.00000145. The van der Waals surface area contributed by atoms with Crippen molar-refractivity contribution in [2.24, 2.45) is 0 Å². The highest BCUT2D eigenvalue weighted by molar-refractivity contribution is 6.30. The van der Waals surface area contributed by atoms with E-state index in [2.05, 4.69) is 13.8 Å². The Morgan fingerprint density at radius 3 is 2.52 bits per heavy atom. The fraction of sp³-hybridized carbons (Fsp3) is 0.458. The Bertz CT molecular complexity index is 887. The third-order valence-electron chi connectivity index (χ3n) is 5.04. The summed E-state index contributed by atoms with van der Waals surface area (Å²) < 4.78 is 12.2. The number of carbonyl (C=O) groups is 1. The second kappa shape index (κ2) is 9.53. The van der Waals surface area contributed by atoms with Crippen molar-refractivity contribution in [1.82, 2.24) is 0 Å². The molecular weight excluding hydrogens is 388 g/mol. The number of hydrogen-bond donors (Lipinski definition) is 1. The van der Waals surface area contributed by atoms with Crippen molar-refractivity contribution in [1.29, 1.82) is 0 Å². The van der Waals surface area contributed by atoms with Gasteiger partial charge in [0.05, 0.1) is 0 Å². The SMILES string of the molecule is CC.Cc1c(CCC(=O)O)ccc(OCc2cc(Cl)cc3c2OC(C)(C)C3)c1C. The summed E-state index contributed by atoms with van der Waals surface area (Å²) in [6, 6.07) is 7.71. The normalized spacial score (nSPS) is 13.8. The quantitative estimate of drug-likeness (QED) is 0.598. The first-order valence-corrected chi connectivity index (χ1v) is 10.5. The van der Waals surface area contributed by atoms with Crippen molar-refractivity contribution >= 4 is 17.6 Å². The molecule has 0 fully saturated rings. The van der Waals surface area contributed by atoms with Gasteiger partial charge in [0.15, 0.2) is 0 Å². The highest BCUT2D eigenvalue weighted by Crippen LogP contribution is 2.40. The molecule has 29 heavy (non-hydrogen) atoms. The molecule has 2 aromatic rings. The summed E-state index contributed by atoms with van der Waals surface area (Å²) in [5.74, 6) is 0.875. The third kappa shape index (κ3) is 5.66. The Morgan fingerprint density at radius 1 is 1.17 bits per heavy atom. The Labute approximate surface area is 178 Å². The second-order valence-corrected chi connectivity index (χ2v) is 8.18. The lowest BCUT2D eigenvalue weighted by Gasteiger charge is -2.19. The first-order valence-electron chi connectivity index (χ1n) is 10.1. The largest absolute Gasteiger partial charge is 0.488 e. The zero-order chi connectivity index (χ0) is 21.8. The molecule has 2 aromatic carbocycles. The summed E-state index contributed by atoms with van der Waals surface area (Å²) >= 11 is 6.28. The van der Waals surface area contributed by atoms with Crippen LogP contribution < -0.4 is 9.47 Å². The minimum atomic E-state index is -0.787. The predicted molar refractivity (Wildman–Crippen MR) is 117 cm³/mol. The molecule has 0 aromatic heterocycles. The summed E-state index contributed by atoms with van der Waals surface area (Å²) in [5, 5.41) is 9.57. The monoisotopic (exact) mass is 418 g/mol. The molecule has 0 saturated heterocycles. The van der Waals surface area contributed by atoms with E-state index in [9.17, 15) is 4.79 Å². The molecule has 0 atom stereocenters. The first kappa shape index (κ1) is 23.1. The van der Waals surface area contributed by atoms with E-state index < -0.39 is 5.97 Å². The Morgan fingerprint density at radius 2 is 1.86 bits per heavy atom. The molecule has 3 rings (SSSR count). The van der Waals surface area contributed by atoms with Gasteiger partial charge in [-0.05, 0) is 74.6 Å². The fourth-order valence-corrected chi connectivity index (χ4v) is 3.79. The van der Waals surface area contributed by atoms with Gasteiger partial charge in [-0.1, -0.05) is 31.5 Å².